The van der Waals surface area contributed by atoms with Crippen LogP contribution in [0.15, 0.2) is 0 Å². The molecule has 3 heteroatoms. The van der Waals surface area contributed by atoms with Gasteiger partial charge in [-0.3, -0.25) is 4.79 Å². The van der Waals surface area contributed by atoms with Gasteiger partial charge in [0.2, 0.25) is 5.91 Å². The Morgan fingerprint density at radius 2 is 1.95 bits per heavy atom. The van der Waals surface area contributed by atoms with Gasteiger partial charge in [0, 0.05) is 25.6 Å². The first kappa shape index (κ1) is 14.8. The van der Waals surface area contributed by atoms with Gasteiger partial charge >= 0.3 is 0 Å². The fraction of sp³-hybridized carbons (Fsp3) is 0.938. The minimum atomic E-state index is 0.417. The molecule has 1 aliphatic heterocycles. The lowest BCUT2D eigenvalue weighted by atomic mass is 9.89. The molecule has 0 spiro atoms. The Hall–Kier alpha value is -0.570. The van der Waals surface area contributed by atoms with E-state index in [1.165, 1.54) is 32.1 Å². The number of carbonyl (C=O) groups excluding carboxylic acids is 1. The largest absolute Gasteiger partial charge is 0.342 e. The first-order valence-electron chi connectivity index (χ1n) is 8.25. The third-order valence-corrected chi connectivity index (χ3v) is 5.02. The number of carbonyl (C=O) groups is 1. The fourth-order valence-electron chi connectivity index (χ4n) is 3.79. The molecular weight excluding hydrogens is 236 g/mol. The third kappa shape index (κ3) is 3.95. The molecule has 3 nitrogen and oxygen atoms in total. The molecule has 1 saturated carbocycles. The minimum Gasteiger partial charge on any atom is -0.342 e. The lowest BCUT2D eigenvalue weighted by Crippen LogP contribution is -2.51. The Morgan fingerprint density at radius 3 is 2.58 bits per heavy atom. The summed E-state index contributed by atoms with van der Waals surface area (Å²) in [7, 11) is 0. The molecule has 110 valence electrons. The molecule has 1 aliphatic carbocycles. The topological polar surface area (TPSA) is 32.3 Å². The van der Waals surface area contributed by atoms with Crippen molar-refractivity contribution >= 4 is 5.91 Å². The summed E-state index contributed by atoms with van der Waals surface area (Å²) >= 11 is 0. The smallest absolute Gasteiger partial charge is 0.222 e. The number of amides is 1. The Kier molecular flexibility index (Phi) is 5.68. The van der Waals surface area contributed by atoms with Gasteiger partial charge in [0.25, 0.3) is 0 Å². The van der Waals surface area contributed by atoms with E-state index in [0.717, 1.165) is 32.5 Å². The number of likely N-dealkylation sites (tertiary alicyclic amines) is 1. The molecule has 2 rings (SSSR count). The van der Waals surface area contributed by atoms with E-state index in [4.69, 9.17) is 0 Å². The summed E-state index contributed by atoms with van der Waals surface area (Å²) in [4.78, 5) is 14.5. The fourth-order valence-corrected chi connectivity index (χ4v) is 3.79. The van der Waals surface area contributed by atoms with Gasteiger partial charge in [-0.05, 0) is 37.6 Å². The molecule has 1 saturated heterocycles. The van der Waals surface area contributed by atoms with Crippen LogP contribution in [0.2, 0.25) is 0 Å². The van der Waals surface area contributed by atoms with Gasteiger partial charge in [0.15, 0.2) is 0 Å². The molecule has 2 aliphatic rings. The van der Waals surface area contributed by atoms with Gasteiger partial charge < -0.3 is 10.2 Å². The van der Waals surface area contributed by atoms with Crippen molar-refractivity contribution in [2.24, 2.45) is 11.8 Å². The van der Waals surface area contributed by atoms with Crippen molar-refractivity contribution in [1.82, 2.24) is 10.2 Å². The highest BCUT2D eigenvalue weighted by Gasteiger charge is 2.30. The minimum absolute atomic E-state index is 0.417. The van der Waals surface area contributed by atoms with Crippen molar-refractivity contribution in [2.45, 2.75) is 64.8 Å². The van der Waals surface area contributed by atoms with Crippen LogP contribution in [0.25, 0.3) is 0 Å². The van der Waals surface area contributed by atoms with E-state index in [2.05, 4.69) is 24.1 Å². The van der Waals surface area contributed by atoms with Crippen LogP contribution in [0, 0.1) is 11.8 Å². The maximum absolute atomic E-state index is 12.4. The Bertz CT molecular complexity index is 286. The van der Waals surface area contributed by atoms with Gasteiger partial charge in [-0.1, -0.05) is 33.1 Å². The Morgan fingerprint density at radius 1 is 1.21 bits per heavy atom. The van der Waals surface area contributed by atoms with Crippen molar-refractivity contribution in [3.8, 4) is 0 Å². The summed E-state index contributed by atoms with van der Waals surface area (Å²) < 4.78 is 0. The Labute approximate surface area is 118 Å². The van der Waals surface area contributed by atoms with Crippen molar-refractivity contribution in [1.29, 1.82) is 0 Å². The zero-order chi connectivity index (χ0) is 13.7. The molecule has 0 aromatic heterocycles. The molecule has 1 heterocycles. The van der Waals surface area contributed by atoms with E-state index in [0.29, 0.717) is 23.8 Å². The van der Waals surface area contributed by atoms with Gasteiger partial charge in [-0.15, -0.1) is 0 Å². The predicted molar refractivity (Wildman–Crippen MR) is 79.0 cm³/mol. The summed E-state index contributed by atoms with van der Waals surface area (Å²) in [6, 6.07) is 0.616. The van der Waals surface area contributed by atoms with Crippen LogP contribution in [-0.2, 0) is 4.79 Å². The third-order valence-electron chi connectivity index (χ3n) is 5.02. The number of nitrogens with zero attached hydrogens (tertiary/aromatic N) is 1. The van der Waals surface area contributed by atoms with E-state index in [-0.39, 0.29) is 0 Å². The summed E-state index contributed by atoms with van der Waals surface area (Å²) in [6.07, 6.45) is 8.32. The summed E-state index contributed by atoms with van der Waals surface area (Å²) in [6.45, 7) is 7.39. The van der Waals surface area contributed by atoms with Crippen LogP contribution in [0.4, 0.5) is 0 Å². The summed E-state index contributed by atoms with van der Waals surface area (Å²) in [5.74, 6) is 1.74. The first-order chi connectivity index (χ1) is 9.24. The van der Waals surface area contributed by atoms with Crippen molar-refractivity contribution < 1.29 is 4.79 Å². The molecule has 0 aromatic rings. The van der Waals surface area contributed by atoms with Crippen LogP contribution >= 0.6 is 0 Å². The van der Waals surface area contributed by atoms with Gasteiger partial charge in [0.1, 0.15) is 0 Å². The van der Waals surface area contributed by atoms with Crippen LogP contribution < -0.4 is 5.32 Å². The SMILES string of the molecule is CCNC1CCN(C(=O)CC2CCCC2)CC1CC. The Balaban J connectivity index is 1.82. The molecule has 1 N–H and O–H groups in total. The molecule has 2 atom stereocenters. The van der Waals surface area contributed by atoms with Gasteiger partial charge in [-0.25, -0.2) is 0 Å². The maximum Gasteiger partial charge on any atom is 0.222 e. The quantitative estimate of drug-likeness (QED) is 0.830. The second-order valence-corrected chi connectivity index (χ2v) is 6.32. The normalized spacial score (nSPS) is 28.8. The summed E-state index contributed by atoms with van der Waals surface area (Å²) in [5.41, 5.74) is 0. The highest BCUT2D eigenvalue weighted by molar-refractivity contribution is 5.76. The van der Waals surface area contributed by atoms with E-state index < -0.39 is 0 Å². The summed E-state index contributed by atoms with van der Waals surface area (Å²) in [5, 5.41) is 3.58. The predicted octanol–water partition coefficient (Wildman–Crippen LogP) is 2.80. The second kappa shape index (κ2) is 7.28. The first-order valence-corrected chi connectivity index (χ1v) is 8.25. The lowest BCUT2D eigenvalue weighted by molar-refractivity contribution is -0.134. The zero-order valence-electron chi connectivity index (χ0n) is 12.7. The molecule has 2 unspecified atom stereocenters. The van der Waals surface area contributed by atoms with Crippen molar-refractivity contribution in [3.05, 3.63) is 0 Å². The van der Waals surface area contributed by atoms with Crippen molar-refractivity contribution in [3.63, 3.8) is 0 Å². The molecule has 0 bridgehead atoms. The molecule has 0 aromatic carbocycles. The lowest BCUT2D eigenvalue weighted by Gasteiger charge is -2.39. The van der Waals surface area contributed by atoms with Crippen LogP contribution in [0.3, 0.4) is 0 Å². The highest BCUT2D eigenvalue weighted by Crippen LogP contribution is 2.29. The van der Waals surface area contributed by atoms with Crippen LogP contribution in [-0.4, -0.2) is 36.5 Å². The monoisotopic (exact) mass is 266 g/mol. The van der Waals surface area contributed by atoms with Crippen LogP contribution in [0.5, 0.6) is 0 Å². The van der Waals surface area contributed by atoms with Crippen LogP contribution in [0.1, 0.15) is 58.8 Å². The molecular formula is C16H30N2O. The standard InChI is InChI=1S/C16H30N2O/c1-3-14-12-18(10-9-15(14)17-4-2)16(19)11-13-7-5-6-8-13/h13-15,17H,3-12H2,1-2H3. The number of hydrogen-bond donors (Lipinski definition) is 1. The average Bonchev–Trinajstić information content (AvgIpc) is 2.92. The average molecular weight is 266 g/mol. The number of nitrogens with one attached hydrogen (secondary N) is 1. The zero-order valence-corrected chi connectivity index (χ0v) is 12.7. The maximum atomic E-state index is 12.4. The molecule has 19 heavy (non-hydrogen) atoms. The highest BCUT2D eigenvalue weighted by atomic mass is 16.2. The van der Waals surface area contributed by atoms with E-state index in [1.54, 1.807) is 0 Å². The van der Waals surface area contributed by atoms with Crippen molar-refractivity contribution in [2.75, 3.05) is 19.6 Å². The van der Waals surface area contributed by atoms with E-state index in [1.807, 2.05) is 0 Å². The van der Waals surface area contributed by atoms with E-state index >= 15 is 0 Å². The number of hydrogen-bond acceptors (Lipinski definition) is 2. The van der Waals surface area contributed by atoms with Gasteiger partial charge in [-0.2, -0.15) is 0 Å². The number of piperidine rings is 1. The molecule has 1 amide bonds. The molecule has 2 fully saturated rings. The number of rotatable bonds is 5. The van der Waals surface area contributed by atoms with E-state index in [9.17, 15) is 4.79 Å². The van der Waals surface area contributed by atoms with Gasteiger partial charge in [0.05, 0.1) is 0 Å². The second-order valence-electron chi connectivity index (χ2n) is 6.32. The molecule has 0 radical (unpaired) electrons.